The summed E-state index contributed by atoms with van der Waals surface area (Å²) in [6.45, 7) is 11.8. The van der Waals surface area contributed by atoms with Gasteiger partial charge in [0.15, 0.2) is 0 Å². The van der Waals surface area contributed by atoms with Crippen molar-refractivity contribution in [2.24, 2.45) is 0 Å². The van der Waals surface area contributed by atoms with E-state index in [1.807, 2.05) is 13.0 Å². The molecular weight excluding hydrogens is 251 g/mol. The molecule has 0 spiro atoms. The molecule has 0 saturated carbocycles. The van der Waals surface area contributed by atoms with Gasteiger partial charge in [0, 0.05) is 23.7 Å². The molecule has 0 radical (unpaired) electrons. The molecule has 112 valence electrons. The summed E-state index contributed by atoms with van der Waals surface area (Å²) >= 11 is 0. The smallest absolute Gasteiger partial charge is 0.123 e. The number of benzene rings is 1. The molecule has 1 aromatic carbocycles. The van der Waals surface area contributed by atoms with Crippen LogP contribution >= 0.6 is 0 Å². The Morgan fingerprint density at radius 1 is 1.20 bits per heavy atom. The highest BCUT2D eigenvalue weighted by Gasteiger charge is 2.37. The lowest BCUT2D eigenvalue weighted by molar-refractivity contribution is 0.145. The predicted molar refractivity (Wildman–Crippen MR) is 82.3 cm³/mol. The molecule has 1 aliphatic heterocycles. The van der Waals surface area contributed by atoms with E-state index in [0.717, 1.165) is 24.9 Å². The zero-order valence-electron chi connectivity index (χ0n) is 13.3. The van der Waals surface area contributed by atoms with E-state index in [9.17, 15) is 4.39 Å². The lowest BCUT2D eigenvalue weighted by atomic mass is 9.79. The molecule has 3 heteroatoms. The summed E-state index contributed by atoms with van der Waals surface area (Å²) in [5.41, 5.74) is 2.50. The third-order valence-corrected chi connectivity index (χ3v) is 4.08. The van der Waals surface area contributed by atoms with E-state index in [-0.39, 0.29) is 16.9 Å². The van der Waals surface area contributed by atoms with Crippen molar-refractivity contribution >= 4 is 0 Å². The SMILES string of the molecule is Cc1cc(F)ccc1CNC1CC(C)(C)NC(C)(C)C1. The van der Waals surface area contributed by atoms with Gasteiger partial charge in [-0.15, -0.1) is 0 Å². The fourth-order valence-electron chi connectivity index (χ4n) is 3.58. The molecule has 0 unspecified atom stereocenters. The molecule has 1 aromatic rings. The first-order valence-corrected chi connectivity index (χ1v) is 7.45. The monoisotopic (exact) mass is 278 g/mol. The normalized spacial score (nSPS) is 21.9. The van der Waals surface area contributed by atoms with Crippen molar-refractivity contribution < 1.29 is 4.39 Å². The Labute approximate surface area is 122 Å². The molecule has 0 aromatic heterocycles. The Morgan fingerprint density at radius 3 is 2.35 bits per heavy atom. The molecule has 2 N–H and O–H groups in total. The zero-order valence-corrected chi connectivity index (χ0v) is 13.3. The van der Waals surface area contributed by atoms with Crippen LogP contribution in [0.25, 0.3) is 0 Å². The van der Waals surface area contributed by atoms with Gasteiger partial charge in [-0.25, -0.2) is 4.39 Å². The first-order valence-electron chi connectivity index (χ1n) is 7.45. The maximum atomic E-state index is 13.1. The molecule has 0 atom stereocenters. The minimum absolute atomic E-state index is 0.150. The van der Waals surface area contributed by atoms with E-state index >= 15 is 0 Å². The molecule has 1 heterocycles. The van der Waals surface area contributed by atoms with Gasteiger partial charge in [-0.3, -0.25) is 0 Å². The second-order valence-corrected chi connectivity index (χ2v) is 7.45. The molecule has 2 nitrogen and oxygen atoms in total. The second-order valence-electron chi connectivity index (χ2n) is 7.45. The van der Waals surface area contributed by atoms with Crippen molar-refractivity contribution in [3.8, 4) is 0 Å². The summed E-state index contributed by atoms with van der Waals surface area (Å²) in [6.07, 6.45) is 2.22. The number of nitrogens with one attached hydrogen (secondary N) is 2. The summed E-state index contributed by atoms with van der Waals surface area (Å²) in [4.78, 5) is 0. The van der Waals surface area contributed by atoms with Crippen LogP contribution in [0.1, 0.15) is 51.7 Å². The quantitative estimate of drug-likeness (QED) is 0.884. The van der Waals surface area contributed by atoms with Gasteiger partial charge in [-0.1, -0.05) is 6.07 Å². The maximum absolute atomic E-state index is 13.1. The van der Waals surface area contributed by atoms with Gasteiger partial charge in [0.05, 0.1) is 0 Å². The molecule has 20 heavy (non-hydrogen) atoms. The Bertz CT molecular complexity index is 464. The van der Waals surface area contributed by atoms with Crippen LogP contribution < -0.4 is 10.6 Å². The molecule has 1 fully saturated rings. The van der Waals surface area contributed by atoms with Crippen molar-refractivity contribution in [3.63, 3.8) is 0 Å². The average Bonchev–Trinajstić information content (AvgIpc) is 2.23. The van der Waals surface area contributed by atoms with Gasteiger partial charge in [0.1, 0.15) is 5.82 Å². The fourth-order valence-corrected chi connectivity index (χ4v) is 3.58. The first kappa shape index (κ1) is 15.5. The second kappa shape index (κ2) is 5.45. The Hall–Kier alpha value is -0.930. The summed E-state index contributed by atoms with van der Waals surface area (Å²) < 4.78 is 13.1. The van der Waals surface area contributed by atoms with E-state index in [0.29, 0.717) is 6.04 Å². The van der Waals surface area contributed by atoms with Gasteiger partial charge >= 0.3 is 0 Å². The van der Waals surface area contributed by atoms with E-state index in [2.05, 4.69) is 38.3 Å². The third kappa shape index (κ3) is 4.03. The molecule has 1 saturated heterocycles. The van der Waals surface area contributed by atoms with Crippen molar-refractivity contribution in [1.29, 1.82) is 0 Å². The highest BCUT2D eigenvalue weighted by molar-refractivity contribution is 5.26. The number of hydrogen-bond acceptors (Lipinski definition) is 2. The number of piperidine rings is 1. The maximum Gasteiger partial charge on any atom is 0.123 e. The minimum Gasteiger partial charge on any atom is -0.310 e. The van der Waals surface area contributed by atoms with Crippen molar-refractivity contribution in [2.45, 2.75) is 71.1 Å². The van der Waals surface area contributed by atoms with Crippen LogP contribution in [-0.4, -0.2) is 17.1 Å². The molecule has 0 bridgehead atoms. The molecule has 2 rings (SSSR count). The largest absolute Gasteiger partial charge is 0.310 e. The lowest BCUT2D eigenvalue weighted by Crippen LogP contribution is -2.61. The van der Waals surface area contributed by atoms with Crippen LogP contribution in [-0.2, 0) is 6.54 Å². The third-order valence-electron chi connectivity index (χ3n) is 4.08. The van der Waals surface area contributed by atoms with Crippen LogP contribution in [0.2, 0.25) is 0 Å². The van der Waals surface area contributed by atoms with E-state index in [1.165, 1.54) is 5.56 Å². The summed E-state index contributed by atoms with van der Waals surface area (Å²) in [5, 5.41) is 7.34. The van der Waals surface area contributed by atoms with Crippen molar-refractivity contribution in [2.75, 3.05) is 0 Å². The van der Waals surface area contributed by atoms with Crippen LogP contribution in [0.15, 0.2) is 18.2 Å². The lowest BCUT2D eigenvalue weighted by Gasteiger charge is -2.46. The fraction of sp³-hybridized carbons (Fsp3) is 0.647. The van der Waals surface area contributed by atoms with E-state index in [4.69, 9.17) is 0 Å². The van der Waals surface area contributed by atoms with Crippen LogP contribution in [0.4, 0.5) is 4.39 Å². The van der Waals surface area contributed by atoms with Gasteiger partial charge in [-0.2, -0.15) is 0 Å². The van der Waals surface area contributed by atoms with E-state index in [1.54, 1.807) is 12.1 Å². The topological polar surface area (TPSA) is 24.1 Å². The standard InChI is InChI=1S/C17H27FN2/c1-12-8-14(18)7-6-13(12)11-19-15-9-16(2,3)20-17(4,5)10-15/h6-8,15,19-20H,9-11H2,1-5H3. The molecular formula is C17H27FN2. The molecule has 1 aliphatic rings. The number of hydrogen-bond donors (Lipinski definition) is 2. The predicted octanol–water partition coefficient (Wildman–Crippen LogP) is 3.53. The Balaban J connectivity index is 2.00. The summed E-state index contributed by atoms with van der Waals surface area (Å²) in [6, 6.07) is 5.52. The minimum atomic E-state index is -0.157. The average molecular weight is 278 g/mol. The van der Waals surface area contributed by atoms with Gasteiger partial charge in [0.2, 0.25) is 0 Å². The van der Waals surface area contributed by atoms with Crippen molar-refractivity contribution in [1.82, 2.24) is 10.6 Å². The molecule has 0 aliphatic carbocycles. The highest BCUT2D eigenvalue weighted by Crippen LogP contribution is 2.28. The number of aryl methyl sites for hydroxylation is 1. The van der Waals surface area contributed by atoms with Gasteiger partial charge < -0.3 is 10.6 Å². The van der Waals surface area contributed by atoms with E-state index < -0.39 is 0 Å². The first-order chi connectivity index (χ1) is 9.17. The Morgan fingerprint density at radius 2 is 1.80 bits per heavy atom. The van der Waals surface area contributed by atoms with Crippen LogP contribution in [0, 0.1) is 12.7 Å². The Kier molecular flexibility index (Phi) is 4.22. The molecule has 0 amide bonds. The van der Waals surface area contributed by atoms with Crippen LogP contribution in [0.3, 0.4) is 0 Å². The highest BCUT2D eigenvalue weighted by atomic mass is 19.1. The van der Waals surface area contributed by atoms with Crippen LogP contribution in [0.5, 0.6) is 0 Å². The summed E-state index contributed by atoms with van der Waals surface area (Å²) in [5.74, 6) is -0.157. The van der Waals surface area contributed by atoms with Crippen molar-refractivity contribution in [3.05, 3.63) is 35.1 Å². The zero-order chi connectivity index (χ0) is 15.0. The van der Waals surface area contributed by atoms with Gasteiger partial charge in [-0.05, 0) is 70.7 Å². The van der Waals surface area contributed by atoms with Gasteiger partial charge in [0.25, 0.3) is 0 Å². The summed E-state index contributed by atoms with van der Waals surface area (Å²) in [7, 11) is 0. The number of rotatable bonds is 3. The number of halogens is 1.